The molecule has 0 aliphatic heterocycles. The smallest absolute Gasteiger partial charge is 0.349 e. The number of amides is 1. The standard InChI is InChI=1S/C11H11F2NO5/c1-18-11(17)7(4-15)19-6-3-2-5(12)8(9(6)13)10(14)16/h2-3,7,15H,4H2,1H3,(H2,14,16)/t7-/m1/s1. The third-order valence-electron chi connectivity index (χ3n) is 2.20. The Morgan fingerprint density at radius 2 is 2.05 bits per heavy atom. The molecule has 19 heavy (non-hydrogen) atoms. The van der Waals surface area contributed by atoms with E-state index in [1.54, 1.807) is 0 Å². The molecular formula is C11H11F2NO5. The van der Waals surface area contributed by atoms with E-state index in [9.17, 15) is 18.4 Å². The van der Waals surface area contributed by atoms with Crippen LogP contribution < -0.4 is 10.5 Å². The second-order valence-electron chi connectivity index (χ2n) is 3.41. The average molecular weight is 275 g/mol. The van der Waals surface area contributed by atoms with Crippen LogP contribution in [0.1, 0.15) is 10.4 Å². The third kappa shape index (κ3) is 3.16. The Labute approximate surface area is 106 Å². The molecule has 8 heteroatoms. The van der Waals surface area contributed by atoms with Crippen LogP contribution in [0.25, 0.3) is 0 Å². The number of methoxy groups -OCH3 is 1. The van der Waals surface area contributed by atoms with E-state index in [0.29, 0.717) is 0 Å². The summed E-state index contributed by atoms with van der Waals surface area (Å²) < 4.78 is 36.1. The van der Waals surface area contributed by atoms with Gasteiger partial charge in [-0.2, -0.15) is 0 Å². The SMILES string of the molecule is COC(=O)[C@@H](CO)Oc1ccc(F)c(C(N)=O)c1F. The molecule has 0 aliphatic rings. The summed E-state index contributed by atoms with van der Waals surface area (Å²) in [6.07, 6.45) is -1.49. The molecule has 0 saturated heterocycles. The van der Waals surface area contributed by atoms with Gasteiger partial charge in [0.25, 0.3) is 5.91 Å². The van der Waals surface area contributed by atoms with Crippen molar-refractivity contribution in [3.8, 4) is 5.75 Å². The summed E-state index contributed by atoms with van der Waals surface area (Å²) in [5, 5.41) is 8.90. The molecule has 0 aliphatic carbocycles. The average Bonchev–Trinajstić information content (AvgIpc) is 2.37. The Kier molecular flexibility index (Phi) is 4.76. The molecule has 1 aromatic rings. The van der Waals surface area contributed by atoms with Crippen molar-refractivity contribution in [1.29, 1.82) is 0 Å². The molecule has 0 heterocycles. The second kappa shape index (κ2) is 6.10. The molecular weight excluding hydrogens is 264 g/mol. The summed E-state index contributed by atoms with van der Waals surface area (Å²) in [6.45, 7) is -0.782. The maximum Gasteiger partial charge on any atom is 0.349 e. The minimum Gasteiger partial charge on any atom is -0.473 e. The maximum absolute atomic E-state index is 13.7. The highest BCUT2D eigenvalue weighted by Crippen LogP contribution is 2.24. The van der Waals surface area contributed by atoms with Crippen molar-refractivity contribution < 1.29 is 33.0 Å². The molecule has 0 spiro atoms. The van der Waals surface area contributed by atoms with E-state index < -0.39 is 47.5 Å². The lowest BCUT2D eigenvalue weighted by Gasteiger charge is -2.15. The van der Waals surface area contributed by atoms with Crippen molar-refractivity contribution in [2.75, 3.05) is 13.7 Å². The Bertz CT molecular complexity index is 506. The number of aliphatic hydroxyl groups is 1. The molecule has 1 amide bonds. The lowest BCUT2D eigenvalue weighted by molar-refractivity contribution is -0.150. The number of carbonyl (C=O) groups is 2. The first-order valence-electron chi connectivity index (χ1n) is 5.05. The second-order valence-corrected chi connectivity index (χ2v) is 3.41. The molecule has 0 bridgehead atoms. The van der Waals surface area contributed by atoms with Gasteiger partial charge in [-0.05, 0) is 12.1 Å². The van der Waals surface area contributed by atoms with Crippen molar-refractivity contribution >= 4 is 11.9 Å². The van der Waals surface area contributed by atoms with Crippen LogP contribution in [0, 0.1) is 11.6 Å². The normalized spacial score (nSPS) is 11.8. The van der Waals surface area contributed by atoms with E-state index in [1.165, 1.54) is 0 Å². The third-order valence-corrected chi connectivity index (χ3v) is 2.20. The van der Waals surface area contributed by atoms with E-state index in [0.717, 1.165) is 19.2 Å². The minimum absolute atomic E-state index is 0.598. The molecule has 1 rings (SSSR count). The molecule has 6 nitrogen and oxygen atoms in total. The number of ether oxygens (including phenoxy) is 2. The number of halogens is 2. The van der Waals surface area contributed by atoms with Crippen LogP contribution in [0.5, 0.6) is 5.75 Å². The minimum atomic E-state index is -1.49. The van der Waals surface area contributed by atoms with Crippen molar-refractivity contribution in [2.24, 2.45) is 5.73 Å². The van der Waals surface area contributed by atoms with Crippen LogP contribution in [0.3, 0.4) is 0 Å². The van der Waals surface area contributed by atoms with E-state index in [4.69, 9.17) is 15.6 Å². The van der Waals surface area contributed by atoms with E-state index in [-0.39, 0.29) is 0 Å². The molecule has 1 atom stereocenters. The molecule has 0 radical (unpaired) electrons. The van der Waals surface area contributed by atoms with Crippen molar-refractivity contribution in [3.05, 3.63) is 29.3 Å². The van der Waals surface area contributed by atoms with Crippen LogP contribution in [0.4, 0.5) is 8.78 Å². The Balaban J connectivity index is 3.12. The summed E-state index contributed by atoms with van der Waals surface area (Å²) in [7, 11) is 1.05. The molecule has 1 aromatic carbocycles. The highest BCUT2D eigenvalue weighted by atomic mass is 19.1. The number of hydrogen-bond donors (Lipinski definition) is 2. The topological polar surface area (TPSA) is 98.8 Å². The van der Waals surface area contributed by atoms with Gasteiger partial charge in [-0.25, -0.2) is 13.6 Å². The lowest BCUT2D eigenvalue weighted by atomic mass is 10.1. The maximum atomic E-state index is 13.7. The highest BCUT2D eigenvalue weighted by Gasteiger charge is 2.25. The summed E-state index contributed by atoms with van der Waals surface area (Å²) in [5.74, 6) is -5.38. The molecule has 0 saturated carbocycles. The fourth-order valence-corrected chi connectivity index (χ4v) is 1.29. The van der Waals surface area contributed by atoms with Gasteiger partial charge in [-0.15, -0.1) is 0 Å². The van der Waals surface area contributed by atoms with Gasteiger partial charge in [0.05, 0.1) is 13.7 Å². The van der Waals surface area contributed by atoms with Crippen LogP contribution in [-0.4, -0.2) is 36.8 Å². The van der Waals surface area contributed by atoms with Gasteiger partial charge in [0.1, 0.15) is 11.4 Å². The lowest BCUT2D eigenvalue weighted by Crippen LogP contribution is -2.32. The Hall–Kier alpha value is -2.22. The van der Waals surface area contributed by atoms with Gasteiger partial charge < -0.3 is 20.3 Å². The number of esters is 1. The molecule has 3 N–H and O–H groups in total. The molecule has 104 valence electrons. The van der Waals surface area contributed by atoms with E-state index >= 15 is 0 Å². The number of aliphatic hydroxyl groups excluding tert-OH is 1. The number of hydrogen-bond acceptors (Lipinski definition) is 5. The predicted octanol–water partition coefficient (Wildman–Crippen LogP) is -0.0236. The van der Waals surface area contributed by atoms with Crippen molar-refractivity contribution in [1.82, 2.24) is 0 Å². The Morgan fingerprint density at radius 3 is 2.53 bits per heavy atom. The van der Waals surface area contributed by atoms with Gasteiger partial charge in [0, 0.05) is 0 Å². The largest absolute Gasteiger partial charge is 0.473 e. The monoisotopic (exact) mass is 275 g/mol. The summed E-state index contributed by atoms with van der Waals surface area (Å²) >= 11 is 0. The van der Waals surface area contributed by atoms with Crippen molar-refractivity contribution in [3.63, 3.8) is 0 Å². The van der Waals surface area contributed by atoms with Gasteiger partial charge in [0.2, 0.25) is 6.10 Å². The predicted molar refractivity (Wildman–Crippen MR) is 58.4 cm³/mol. The first-order chi connectivity index (χ1) is 8.92. The van der Waals surface area contributed by atoms with Crippen LogP contribution >= 0.6 is 0 Å². The fraction of sp³-hybridized carbons (Fsp3) is 0.273. The Morgan fingerprint density at radius 1 is 1.42 bits per heavy atom. The van der Waals surface area contributed by atoms with Gasteiger partial charge in [-0.1, -0.05) is 0 Å². The summed E-state index contributed by atoms with van der Waals surface area (Å²) in [4.78, 5) is 22.0. The zero-order chi connectivity index (χ0) is 14.6. The van der Waals surface area contributed by atoms with E-state index in [1.807, 2.05) is 0 Å². The van der Waals surface area contributed by atoms with Gasteiger partial charge in [-0.3, -0.25) is 4.79 Å². The van der Waals surface area contributed by atoms with Crippen LogP contribution in [0.15, 0.2) is 12.1 Å². The van der Waals surface area contributed by atoms with E-state index in [2.05, 4.69) is 4.74 Å². The number of benzene rings is 1. The molecule has 0 aromatic heterocycles. The number of nitrogens with two attached hydrogens (primary N) is 1. The van der Waals surface area contributed by atoms with Gasteiger partial charge >= 0.3 is 5.97 Å². The molecule has 0 unspecified atom stereocenters. The fourth-order valence-electron chi connectivity index (χ4n) is 1.29. The van der Waals surface area contributed by atoms with Gasteiger partial charge in [0.15, 0.2) is 11.6 Å². The highest BCUT2D eigenvalue weighted by molar-refractivity contribution is 5.93. The number of primary amides is 1. The van der Waals surface area contributed by atoms with Crippen LogP contribution in [0.2, 0.25) is 0 Å². The zero-order valence-electron chi connectivity index (χ0n) is 9.85. The first-order valence-corrected chi connectivity index (χ1v) is 5.05. The molecule has 0 fully saturated rings. The zero-order valence-corrected chi connectivity index (χ0v) is 9.85. The van der Waals surface area contributed by atoms with Crippen molar-refractivity contribution in [2.45, 2.75) is 6.10 Å². The summed E-state index contributed by atoms with van der Waals surface area (Å²) in [5.41, 5.74) is 3.83. The quantitative estimate of drug-likeness (QED) is 0.735. The summed E-state index contributed by atoms with van der Waals surface area (Å²) in [6, 6.07) is 1.62. The van der Waals surface area contributed by atoms with Crippen LogP contribution in [-0.2, 0) is 9.53 Å². The first kappa shape index (κ1) is 14.8. The number of rotatable bonds is 5. The number of carbonyl (C=O) groups excluding carboxylic acids is 2.